The van der Waals surface area contributed by atoms with Crippen molar-refractivity contribution in [3.63, 3.8) is 0 Å². The molecule has 0 aliphatic carbocycles. The van der Waals surface area contributed by atoms with Gasteiger partial charge >= 0.3 is 0 Å². The first-order valence-corrected chi connectivity index (χ1v) is 5.34. The maximum atomic E-state index is 9.13. The molecule has 1 saturated heterocycles. The normalized spacial score (nSPS) is 17.7. The molecule has 4 heteroatoms. The molecular formula is C11H10BrNO2. The number of benzene rings is 1. The van der Waals surface area contributed by atoms with E-state index in [0.29, 0.717) is 13.2 Å². The highest BCUT2D eigenvalue weighted by atomic mass is 79.9. The highest BCUT2D eigenvalue weighted by Crippen LogP contribution is 2.35. The van der Waals surface area contributed by atoms with E-state index in [0.717, 1.165) is 15.8 Å². The van der Waals surface area contributed by atoms with Gasteiger partial charge in [-0.2, -0.15) is 5.26 Å². The van der Waals surface area contributed by atoms with Gasteiger partial charge in [0.05, 0.1) is 30.9 Å². The average Bonchev–Trinajstić information content (AvgIpc) is 2.17. The van der Waals surface area contributed by atoms with Crippen LogP contribution in [0.1, 0.15) is 5.56 Å². The summed E-state index contributed by atoms with van der Waals surface area (Å²) in [5.41, 5.74) is 0.512. The first-order chi connectivity index (χ1) is 7.22. The fraction of sp³-hybridized carbons (Fsp3) is 0.364. The Morgan fingerprint density at radius 3 is 2.67 bits per heavy atom. The third-order valence-corrected chi connectivity index (χ3v) is 3.24. The minimum atomic E-state index is -0.464. The molecule has 0 N–H and O–H groups in total. The Kier molecular flexibility index (Phi) is 2.68. The van der Waals surface area contributed by atoms with E-state index < -0.39 is 5.41 Å². The van der Waals surface area contributed by atoms with Crippen molar-refractivity contribution in [2.45, 2.75) is 5.41 Å². The number of nitrogens with zero attached hydrogens (tertiary/aromatic N) is 1. The zero-order valence-corrected chi connectivity index (χ0v) is 9.87. The second kappa shape index (κ2) is 3.84. The molecule has 0 radical (unpaired) electrons. The van der Waals surface area contributed by atoms with Gasteiger partial charge in [-0.15, -0.1) is 0 Å². The van der Waals surface area contributed by atoms with Crippen molar-refractivity contribution < 1.29 is 9.47 Å². The summed E-state index contributed by atoms with van der Waals surface area (Å²) in [5, 5.41) is 9.13. The highest BCUT2D eigenvalue weighted by molar-refractivity contribution is 9.10. The van der Waals surface area contributed by atoms with E-state index in [1.165, 1.54) is 0 Å². The minimum absolute atomic E-state index is 0.464. The number of nitriles is 1. The molecule has 78 valence electrons. The van der Waals surface area contributed by atoms with Crippen LogP contribution in [-0.2, 0) is 10.2 Å². The smallest absolute Gasteiger partial charge is 0.133 e. The molecule has 1 heterocycles. The summed E-state index contributed by atoms with van der Waals surface area (Å²) in [5.74, 6) is 0.770. The van der Waals surface area contributed by atoms with E-state index in [1.54, 1.807) is 7.11 Å². The summed E-state index contributed by atoms with van der Waals surface area (Å²) in [6.07, 6.45) is 0. The molecule has 1 aliphatic rings. The summed E-state index contributed by atoms with van der Waals surface area (Å²) in [7, 11) is 1.62. The van der Waals surface area contributed by atoms with Crippen LogP contribution in [0.25, 0.3) is 0 Å². The van der Waals surface area contributed by atoms with Crippen LogP contribution in [0.4, 0.5) is 0 Å². The molecule has 0 aromatic heterocycles. The van der Waals surface area contributed by atoms with E-state index in [2.05, 4.69) is 22.0 Å². The maximum Gasteiger partial charge on any atom is 0.133 e. The predicted octanol–water partition coefficient (Wildman–Crippen LogP) is 2.25. The Balaban J connectivity index is 2.38. The van der Waals surface area contributed by atoms with E-state index >= 15 is 0 Å². The molecule has 2 rings (SSSR count). The van der Waals surface area contributed by atoms with Gasteiger partial charge in [0.15, 0.2) is 0 Å². The first-order valence-electron chi connectivity index (χ1n) is 4.55. The summed E-state index contributed by atoms with van der Waals surface area (Å²) in [6, 6.07) is 8.00. The van der Waals surface area contributed by atoms with Gasteiger partial charge in [0.25, 0.3) is 0 Å². The second-order valence-corrected chi connectivity index (χ2v) is 4.39. The van der Waals surface area contributed by atoms with Gasteiger partial charge < -0.3 is 9.47 Å². The summed E-state index contributed by atoms with van der Waals surface area (Å²) in [6.45, 7) is 0.949. The van der Waals surface area contributed by atoms with Crippen LogP contribution in [0.5, 0.6) is 5.75 Å². The summed E-state index contributed by atoms with van der Waals surface area (Å²) in [4.78, 5) is 0. The van der Waals surface area contributed by atoms with Crippen molar-refractivity contribution >= 4 is 15.9 Å². The molecule has 1 aromatic rings. The SMILES string of the molecule is COc1ccc(C2(C#N)COC2)cc1Br. The van der Waals surface area contributed by atoms with Crippen LogP contribution < -0.4 is 4.74 Å². The number of hydrogen-bond donors (Lipinski definition) is 0. The van der Waals surface area contributed by atoms with Gasteiger partial charge in [0.1, 0.15) is 11.2 Å². The maximum absolute atomic E-state index is 9.13. The lowest BCUT2D eigenvalue weighted by atomic mass is 9.80. The van der Waals surface area contributed by atoms with Crippen molar-refractivity contribution in [1.29, 1.82) is 5.26 Å². The van der Waals surface area contributed by atoms with Gasteiger partial charge in [-0.25, -0.2) is 0 Å². The van der Waals surface area contributed by atoms with E-state index in [-0.39, 0.29) is 0 Å². The number of halogens is 1. The Labute approximate surface area is 96.7 Å². The third kappa shape index (κ3) is 1.62. The van der Waals surface area contributed by atoms with Gasteiger partial charge in [0.2, 0.25) is 0 Å². The summed E-state index contributed by atoms with van der Waals surface area (Å²) >= 11 is 3.41. The molecule has 0 saturated carbocycles. The van der Waals surface area contributed by atoms with Gasteiger partial charge in [-0.3, -0.25) is 0 Å². The predicted molar refractivity (Wildman–Crippen MR) is 58.8 cm³/mol. The molecule has 1 aliphatic heterocycles. The molecule has 0 amide bonds. The number of methoxy groups -OCH3 is 1. The topological polar surface area (TPSA) is 42.2 Å². The second-order valence-electron chi connectivity index (χ2n) is 3.54. The standard InChI is InChI=1S/C11H10BrNO2/c1-14-10-3-2-8(4-9(10)12)11(5-13)6-15-7-11/h2-4H,6-7H2,1H3. The van der Waals surface area contributed by atoms with Crippen molar-refractivity contribution in [2.24, 2.45) is 0 Å². The van der Waals surface area contributed by atoms with Crippen molar-refractivity contribution in [3.8, 4) is 11.8 Å². The minimum Gasteiger partial charge on any atom is -0.496 e. The van der Waals surface area contributed by atoms with Gasteiger partial charge in [0, 0.05) is 0 Å². The van der Waals surface area contributed by atoms with Crippen molar-refractivity contribution in [3.05, 3.63) is 28.2 Å². The quantitative estimate of drug-likeness (QED) is 0.826. The first kappa shape index (κ1) is 10.5. The molecule has 1 aromatic carbocycles. The fourth-order valence-electron chi connectivity index (χ4n) is 1.57. The number of hydrogen-bond acceptors (Lipinski definition) is 3. The lowest BCUT2D eigenvalue weighted by molar-refractivity contribution is -0.0298. The third-order valence-electron chi connectivity index (χ3n) is 2.62. The zero-order chi connectivity index (χ0) is 10.9. The molecular weight excluding hydrogens is 258 g/mol. The molecule has 1 fully saturated rings. The van der Waals surface area contributed by atoms with Crippen LogP contribution in [0.2, 0.25) is 0 Å². The largest absolute Gasteiger partial charge is 0.496 e. The van der Waals surface area contributed by atoms with Gasteiger partial charge in [-0.1, -0.05) is 6.07 Å². The van der Waals surface area contributed by atoms with Crippen LogP contribution in [0.15, 0.2) is 22.7 Å². The molecule has 15 heavy (non-hydrogen) atoms. The van der Waals surface area contributed by atoms with Crippen molar-refractivity contribution in [1.82, 2.24) is 0 Å². The number of rotatable bonds is 2. The Hall–Kier alpha value is -1.05. The molecule has 0 atom stereocenters. The highest BCUT2D eigenvalue weighted by Gasteiger charge is 2.41. The molecule has 0 bridgehead atoms. The lowest BCUT2D eigenvalue weighted by Crippen LogP contribution is -2.45. The molecule has 0 unspecified atom stereocenters. The van der Waals surface area contributed by atoms with Crippen LogP contribution >= 0.6 is 15.9 Å². The monoisotopic (exact) mass is 267 g/mol. The fourth-order valence-corrected chi connectivity index (χ4v) is 2.11. The number of ether oxygens (including phenoxy) is 2. The summed E-state index contributed by atoms with van der Waals surface area (Å²) < 4.78 is 11.1. The van der Waals surface area contributed by atoms with E-state index in [1.807, 2.05) is 18.2 Å². The average molecular weight is 268 g/mol. The van der Waals surface area contributed by atoms with E-state index in [4.69, 9.17) is 14.7 Å². The van der Waals surface area contributed by atoms with Crippen molar-refractivity contribution in [2.75, 3.05) is 20.3 Å². The van der Waals surface area contributed by atoms with Gasteiger partial charge in [-0.05, 0) is 33.6 Å². The Morgan fingerprint density at radius 1 is 1.53 bits per heavy atom. The Bertz CT molecular complexity index is 421. The van der Waals surface area contributed by atoms with Crippen LogP contribution in [0, 0.1) is 11.3 Å². The molecule has 0 spiro atoms. The lowest BCUT2D eigenvalue weighted by Gasteiger charge is -2.35. The molecule has 3 nitrogen and oxygen atoms in total. The zero-order valence-electron chi connectivity index (χ0n) is 8.29. The van der Waals surface area contributed by atoms with Crippen LogP contribution in [0.3, 0.4) is 0 Å². The van der Waals surface area contributed by atoms with Crippen LogP contribution in [-0.4, -0.2) is 20.3 Å². The van der Waals surface area contributed by atoms with E-state index in [9.17, 15) is 0 Å². The Morgan fingerprint density at radius 2 is 2.27 bits per heavy atom.